The van der Waals surface area contributed by atoms with Gasteiger partial charge < -0.3 is 25.2 Å². The molecule has 0 amide bonds. The Morgan fingerprint density at radius 2 is 2.00 bits per heavy atom. The van der Waals surface area contributed by atoms with Crippen LogP contribution < -0.4 is 20.1 Å². The number of aliphatic hydroxyl groups excluding tert-OH is 1. The number of nitrogens with one attached hydrogen (secondary N) is 2. The molecule has 0 radical (unpaired) electrons. The van der Waals surface area contributed by atoms with Crippen molar-refractivity contribution < 1.29 is 14.6 Å². The number of benzene rings is 1. The number of thiazole rings is 1. The van der Waals surface area contributed by atoms with Crippen LogP contribution in [-0.2, 0) is 6.42 Å². The molecule has 0 aliphatic carbocycles. The van der Waals surface area contributed by atoms with Gasteiger partial charge in [0.15, 0.2) is 5.96 Å². The number of aromatic nitrogens is 1. The molecular weight excluding hydrogens is 503 g/mol. The van der Waals surface area contributed by atoms with E-state index in [1.54, 1.807) is 43.8 Å². The number of aliphatic imine (C=N–C) groups is 1. The van der Waals surface area contributed by atoms with E-state index in [1.165, 1.54) is 4.88 Å². The van der Waals surface area contributed by atoms with Gasteiger partial charge in [0.25, 0.3) is 0 Å². The van der Waals surface area contributed by atoms with Crippen molar-refractivity contribution in [1.29, 1.82) is 0 Å². The zero-order chi connectivity index (χ0) is 20.5. The van der Waals surface area contributed by atoms with E-state index in [-0.39, 0.29) is 30.5 Å². The molecule has 1 heterocycles. The van der Waals surface area contributed by atoms with Gasteiger partial charge in [-0.25, -0.2) is 4.98 Å². The molecule has 0 fully saturated rings. The first-order chi connectivity index (χ1) is 13.5. The Hall–Kier alpha value is -1.59. The fourth-order valence-corrected chi connectivity index (χ4v) is 3.59. The zero-order valence-electron chi connectivity index (χ0n) is 17.6. The number of rotatable bonds is 9. The van der Waals surface area contributed by atoms with Gasteiger partial charge in [0, 0.05) is 30.0 Å². The van der Waals surface area contributed by atoms with Gasteiger partial charge in [-0.2, -0.15) is 0 Å². The van der Waals surface area contributed by atoms with Crippen LogP contribution in [0.4, 0.5) is 0 Å². The molecule has 0 saturated carbocycles. The standard InChI is InChI=1S/C20H30N4O3S.HI/c1-6-21-20(22-10-9-19-24-13(2)14(3)28-19)23-12-17(25)16-11-15(26-4)7-8-18(16)27-5;/h7-8,11,17,25H,6,9-10,12H2,1-5H3,(H2,21,22,23);1H. The first-order valence-corrected chi connectivity index (χ1v) is 10.1. The Kier molecular flexibility index (Phi) is 11.3. The molecule has 1 atom stereocenters. The van der Waals surface area contributed by atoms with Crippen molar-refractivity contribution in [3.8, 4) is 11.5 Å². The fourth-order valence-electron chi connectivity index (χ4n) is 2.65. The molecule has 0 saturated heterocycles. The number of ether oxygens (including phenoxy) is 2. The topological polar surface area (TPSA) is 88.0 Å². The minimum Gasteiger partial charge on any atom is -0.497 e. The quantitative estimate of drug-likeness (QED) is 0.260. The van der Waals surface area contributed by atoms with Gasteiger partial charge in [0.1, 0.15) is 17.6 Å². The number of aliphatic hydroxyl groups is 1. The van der Waals surface area contributed by atoms with Gasteiger partial charge in [0.05, 0.1) is 31.5 Å². The van der Waals surface area contributed by atoms with Gasteiger partial charge in [-0.1, -0.05) is 0 Å². The zero-order valence-corrected chi connectivity index (χ0v) is 20.8. The monoisotopic (exact) mass is 534 g/mol. The smallest absolute Gasteiger partial charge is 0.191 e. The second kappa shape index (κ2) is 12.9. The molecule has 2 rings (SSSR count). The summed E-state index contributed by atoms with van der Waals surface area (Å²) < 4.78 is 10.6. The Labute approximate surface area is 194 Å². The molecule has 162 valence electrons. The van der Waals surface area contributed by atoms with Gasteiger partial charge in [0.2, 0.25) is 0 Å². The van der Waals surface area contributed by atoms with Crippen molar-refractivity contribution in [2.75, 3.05) is 33.9 Å². The van der Waals surface area contributed by atoms with E-state index in [2.05, 4.69) is 27.5 Å². The second-order valence-corrected chi connectivity index (χ2v) is 7.56. The summed E-state index contributed by atoms with van der Waals surface area (Å²) in [6.45, 7) is 7.78. The highest BCUT2D eigenvalue weighted by molar-refractivity contribution is 14.0. The summed E-state index contributed by atoms with van der Waals surface area (Å²) >= 11 is 1.73. The number of aryl methyl sites for hydroxylation is 2. The SMILES string of the molecule is CCNC(=NCC(O)c1cc(OC)ccc1OC)NCCc1nc(C)c(C)s1.I. The molecule has 0 bridgehead atoms. The lowest BCUT2D eigenvalue weighted by Crippen LogP contribution is -2.38. The van der Waals surface area contributed by atoms with Crippen LogP contribution in [0.3, 0.4) is 0 Å². The molecule has 29 heavy (non-hydrogen) atoms. The number of hydrogen-bond acceptors (Lipinski definition) is 6. The van der Waals surface area contributed by atoms with Crippen LogP contribution in [0.5, 0.6) is 11.5 Å². The first kappa shape index (κ1) is 25.4. The average Bonchev–Trinajstić information content (AvgIpc) is 3.02. The number of hydrogen-bond donors (Lipinski definition) is 3. The first-order valence-electron chi connectivity index (χ1n) is 9.33. The van der Waals surface area contributed by atoms with Crippen molar-refractivity contribution in [3.05, 3.63) is 39.3 Å². The third-order valence-corrected chi connectivity index (χ3v) is 5.40. The maximum Gasteiger partial charge on any atom is 0.191 e. The predicted octanol–water partition coefficient (Wildman–Crippen LogP) is 3.23. The maximum absolute atomic E-state index is 10.6. The summed E-state index contributed by atoms with van der Waals surface area (Å²) in [5, 5.41) is 18.2. The lowest BCUT2D eigenvalue weighted by atomic mass is 10.1. The van der Waals surface area contributed by atoms with Crippen molar-refractivity contribution in [3.63, 3.8) is 0 Å². The molecule has 7 nitrogen and oxygen atoms in total. The number of guanidine groups is 1. The van der Waals surface area contributed by atoms with Crippen molar-refractivity contribution >= 4 is 41.3 Å². The second-order valence-electron chi connectivity index (χ2n) is 6.27. The summed E-state index contributed by atoms with van der Waals surface area (Å²) in [7, 11) is 3.17. The van der Waals surface area contributed by atoms with E-state index in [1.807, 2.05) is 13.8 Å². The molecule has 9 heteroatoms. The van der Waals surface area contributed by atoms with E-state index in [4.69, 9.17) is 9.47 Å². The van der Waals surface area contributed by atoms with Gasteiger partial charge in [-0.3, -0.25) is 4.99 Å². The van der Waals surface area contributed by atoms with Crippen LogP contribution in [0.1, 0.15) is 34.2 Å². The van der Waals surface area contributed by atoms with Crippen molar-refractivity contribution in [2.24, 2.45) is 4.99 Å². The fraction of sp³-hybridized carbons (Fsp3) is 0.500. The lowest BCUT2D eigenvalue weighted by Gasteiger charge is -2.16. The van der Waals surface area contributed by atoms with E-state index in [9.17, 15) is 5.11 Å². The molecule has 1 aromatic heterocycles. The maximum atomic E-state index is 10.6. The van der Waals surface area contributed by atoms with E-state index in [0.29, 0.717) is 23.0 Å². The number of methoxy groups -OCH3 is 2. The molecule has 0 aliphatic heterocycles. The third-order valence-electron chi connectivity index (χ3n) is 4.27. The van der Waals surface area contributed by atoms with Gasteiger partial charge in [-0.05, 0) is 39.0 Å². The lowest BCUT2D eigenvalue weighted by molar-refractivity contribution is 0.182. The van der Waals surface area contributed by atoms with Gasteiger partial charge >= 0.3 is 0 Å². The number of halogens is 1. The molecular formula is C20H31IN4O3S. The largest absolute Gasteiger partial charge is 0.497 e. The third kappa shape index (κ3) is 7.63. The number of nitrogens with zero attached hydrogens (tertiary/aromatic N) is 2. The Bertz CT molecular complexity index is 779. The van der Waals surface area contributed by atoms with Gasteiger partial charge in [-0.15, -0.1) is 35.3 Å². The van der Waals surface area contributed by atoms with E-state index < -0.39 is 6.10 Å². The summed E-state index contributed by atoms with van der Waals surface area (Å²) in [6, 6.07) is 5.35. The molecule has 2 aromatic rings. The summed E-state index contributed by atoms with van der Waals surface area (Å²) in [4.78, 5) is 10.3. The summed E-state index contributed by atoms with van der Waals surface area (Å²) in [6.07, 6.45) is 0.0282. The van der Waals surface area contributed by atoms with E-state index in [0.717, 1.165) is 30.2 Å². The molecule has 3 N–H and O–H groups in total. The highest BCUT2D eigenvalue weighted by Gasteiger charge is 2.15. The van der Waals surface area contributed by atoms with Crippen LogP contribution in [0, 0.1) is 13.8 Å². The van der Waals surface area contributed by atoms with Crippen molar-refractivity contribution in [2.45, 2.75) is 33.3 Å². The predicted molar refractivity (Wildman–Crippen MR) is 129 cm³/mol. The van der Waals surface area contributed by atoms with Crippen LogP contribution in [0.15, 0.2) is 23.2 Å². The van der Waals surface area contributed by atoms with Crippen molar-refractivity contribution in [1.82, 2.24) is 15.6 Å². The molecule has 1 unspecified atom stereocenters. The average molecular weight is 534 g/mol. The minimum absolute atomic E-state index is 0. The Morgan fingerprint density at radius 1 is 1.24 bits per heavy atom. The van der Waals surface area contributed by atoms with Crippen LogP contribution >= 0.6 is 35.3 Å². The molecule has 1 aromatic carbocycles. The van der Waals surface area contributed by atoms with E-state index >= 15 is 0 Å². The Balaban J connectivity index is 0.00000420. The Morgan fingerprint density at radius 3 is 2.59 bits per heavy atom. The van der Waals surface area contributed by atoms with Crippen LogP contribution in [-0.4, -0.2) is 49.9 Å². The highest BCUT2D eigenvalue weighted by Crippen LogP contribution is 2.29. The van der Waals surface area contributed by atoms with Crippen LogP contribution in [0.25, 0.3) is 0 Å². The normalized spacial score (nSPS) is 12.1. The molecule has 0 spiro atoms. The molecule has 0 aliphatic rings. The minimum atomic E-state index is -0.801. The highest BCUT2D eigenvalue weighted by atomic mass is 127. The van der Waals surface area contributed by atoms with Crippen LogP contribution in [0.2, 0.25) is 0 Å². The summed E-state index contributed by atoms with van der Waals surface area (Å²) in [5.74, 6) is 1.93. The summed E-state index contributed by atoms with van der Waals surface area (Å²) in [5.41, 5.74) is 1.74.